The molecule has 1 aromatic carbocycles. The van der Waals surface area contributed by atoms with Crippen LogP contribution in [-0.2, 0) is 0 Å². The number of benzene rings is 1. The van der Waals surface area contributed by atoms with Gasteiger partial charge in [0.15, 0.2) is 5.96 Å². The first-order valence-corrected chi connectivity index (χ1v) is 9.72. The monoisotopic (exact) mass is 372 g/mol. The summed E-state index contributed by atoms with van der Waals surface area (Å²) in [6.45, 7) is 10.0. The number of hydrogen-bond donors (Lipinski definition) is 3. The minimum Gasteiger partial charge on any atom is -0.467 e. The lowest BCUT2D eigenvalue weighted by Crippen LogP contribution is -2.40. The quantitative estimate of drug-likeness (QED) is 0.442. The van der Waals surface area contributed by atoms with Gasteiger partial charge in [-0.15, -0.1) is 0 Å². The van der Waals surface area contributed by atoms with Crippen molar-refractivity contribution in [3.63, 3.8) is 0 Å². The summed E-state index contributed by atoms with van der Waals surface area (Å²) in [5.74, 6) is 1.24. The standard InChI is InChI=1S/C21H32N4O2/c1-4-22-21(24-16-19(26)20-13-10-14-27-20)23-15-18(25(5-2)6-3)17-11-8-7-9-12-17/h7-14,18-19,26H,4-6,15-16H2,1-3H3,(H2,22,23,24). The van der Waals surface area contributed by atoms with Gasteiger partial charge in [0.1, 0.15) is 11.9 Å². The second-order valence-corrected chi connectivity index (χ2v) is 6.28. The van der Waals surface area contributed by atoms with Crippen molar-refractivity contribution < 1.29 is 9.52 Å². The Kier molecular flexibility index (Phi) is 8.87. The van der Waals surface area contributed by atoms with E-state index in [1.165, 1.54) is 5.56 Å². The highest BCUT2D eigenvalue weighted by Gasteiger charge is 2.18. The molecule has 6 heteroatoms. The molecule has 0 aliphatic carbocycles. The molecule has 0 amide bonds. The number of nitrogens with zero attached hydrogens (tertiary/aromatic N) is 2. The molecule has 2 unspecified atom stereocenters. The van der Waals surface area contributed by atoms with Crippen molar-refractivity contribution in [3.05, 3.63) is 60.1 Å². The van der Waals surface area contributed by atoms with Gasteiger partial charge in [0, 0.05) is 6.54 Å². The van der Waals surface area contributed by atoms with Crippen LogP contribution in [0.2, 0.25) is 0 Å². The highest BCUT2D eigenvalue weighted by molar-refractivity contribution is 5.79. The molecule has 2 atom stereocenters. The summed E-state index contributed by atoms with van der Waals surface area (Å²) >= 11 is 0. The fraction of sp³-hybridized carbons (Fsp3) is 0.476. The summed E-state index contributed by atoms with van der Waals surface area (Å²) in [4.78, 5) is 7.17. The lowest BCUT2D eigenvalue weighted by molar-refractivity contribution is 0.153. The summed E-state index contributed by atoms with van der Waals surface area (Å²) in [5, 5.41) is 16.6. The van der Waals surface area contributed by atoms with Gasteiger partial charge in [-0.2, -0.15) is 0 Å². The molecule has 0 aliphatic rings. The van der Waals surface area contributed by atoms with Crippen molar-refractivity contribution in [3.8, 4) is 0 Å². The minimum atomic E-state index is -0.712. The van der Waals surface area contributed by atoms with E-state index < -0.39 is 6.10 Å². The van der Waals surface area contributed by atoms with Crippen LogP contribution in [0.15, 0.2) is 58.1 Å². The Morgan fingerprint density at radius 1 is 1.07 bits per heavy atom. The first-order chi connectivity index (χ1) is 13.2. The number of rotatable bonds is 10. The van der Waals surface area contributed by atoms with Crippen LogP contribution in [0.3, 0.4) is 0 Å². The Labute approximate surface area is 162 Å². The second kappa shape index (κ2) is 11.4. The molecule has 0 fully saturated rings. The van der Waals surface area contributed by atoms with Crippen LogP contribution in [0.4, 0.5) is 0 Å². The molecule has 148 valence electrons. The Hall–Kier alpha value is -2.31. The Morgan fingerprint density at radius 3 is 2.41 bits per heavy atom. The van der Waals surface area contributed by atoms with Crippen molar-refractivity contribution in [2.45, 2.75) is 32.9 Å². The first kappa shape index (κ1) is 21.0. The van der Waals surface area contributed by atoms with Gasteiger partial charge in [0.25, 0.3) is 0 Å². The summed E-state index contributed by atoms with van der Waals surface area (Å²) in [5.41, 5.74) is 1.26. The van der Waals surface area contributed by atoms with Gasteiger partial charge in [-0.3, -0.25) is 9.89 Å². The molecule has 0 bridgehead atoms. The maximum atomic E-state index is 10.2. The number of nitrogens with one attached hydrogen (secondary N) is 2. The van der Waals surface area contributed by atoms with Gasteiger partial charge in [-0.25, -0.2) is 0 Å². The van der Waals surface area contributed by atoms with E-state index in [0.29, 0.717) is 24.8 Å². The maximum absolute atomic E-state index is 10.2. The third kappa shape index (κ3) is 6.41. The van der Waals surface area contributed by atoms with Gasteiger partial charge in [-0.05, 0) is 37.7 Å². The minimum absolute atomic E-state index is 0.214. The molecule has 0 saturated heterocycles. The molecular formula is C21H32N4O2. The number of aliphatic hydroxyl groups excluding tert-OH is 1. The van der Waals surface area contributed by atoms with Gasteiger partial charge >= 0.3 is 0 Å². The second-order valence-electron chi connectivity index (χ2n) is 6.28. The van der Waals surface area contributed by atoms with Gasteiger partial charge < -0.3 is 20.2 Å². The topological polar surface area (TPSA) is 73.0 Å². The van der Waals surface area contributed by atoms with Crippen LogP contribution < -0.4 is 10.6 Å². The SMILES string of the molecule is CCNC(=NCC(c1ccccc1)N(CC)CC)NCC(O)c1ccco1. The van der Waals surface area contributed by atoms with Crippen molar-refractivity contribution in [1.29, 1.82) is 0 Å². The van der Waals surface area contributed by atoms with Crippen molar-refractivity contribution in [1.82, 2.24) is 15.5 Å². The zero-order valence-electron chi connectivity index (χ0n) is 16.6. The molecule has 0 radical (unpaired) electrons. The third-order valence-electron chi connectivity index (χ3n) is 4.54. The number of hydrogen-bond acceptors (Lipinski definition) is 4. The average Bonchev–Trinajstić information content (AvgIpc) is 3.24. The summed E-state index contributed by atoms with van der Waals surface area (Å²) in [6, 6.07) is 14.2. The van der Waals surface area contributed by atoms with E-state index in [4.69, 9.17) is 9.41 Å². The number of guanidine groups is 1. The van der Waals surface area contributed by atoms with E-state index in [9.17, 15) is 5.11 Å². The zero-order valence-corrected chi connectivity index (χ0v) is 16.6. The van der Waals surface area contributed by atoms with Crippen molar-refractivity contribution in [2.24, 2.45) is 4.99 Å². The first-order valence-electron chi connectivity index (χ1n) is 9.72. The van der Waals surface area contributed by atoms with Crippen LogP contribution in [0.25, 0.3) is 0 Å². The highest BCUT2D eigenvalue weighted by atomic mass is 16.4. The van der Waals surface area contributed by atoms with Crippen molar-refractivity contribution >= 4 is 5.96 Å². The molecule has 0 aliphatic heterocycles. The van der Waals surface area contributed by atoms with Gasteiger partial charge in [0.2, 0.25) is 0 Å². The van der Waals surface area contributed by atoms with Crippen LogP contribution in [0.5, 0.6) is 0 Å². The number of furan rings is 1. The largest absolute Gasteiger partial charge is 0.467 e. The smallest absolute Gasteiger partial charge is 0.191 e. The molecule has 1 heterocycles. The van der Waals surface area contributed by atoms with Crippen molar-refractivity contribution in [2.75, 3.05) is 32.7 Å². The number of aliphatic imine (C=N–C) groups is 1. The molecule has 6 nitrogen and oxygen atoms in total. The Bertz CT molecular complexity index is 654. The van der Waals surface area contributed by atoms with Gasteiger partial charge in [0.05, 0.1) is 25.4 Å². The third-order valence-corrected chi connectivity index (χ3v) is 4.54. The van der Waals surface area contributed by atoms with Gasteiger partial charge in [-0.1, -0.05) is 44.2 Å². The molecule has 1 aromatic heterocycles. The predicted molar refractivity (Wildman–Crippen MR) is 110 cm³/mol. The highest BCUT2D eigenvalue weighted by Crippen LogP contribution is 2.20. The molecule has 2 rings (SSSR count). The van der Waals surface area contributed by atoms with E-state index in [1.807, 2.05) is 13.0 Å². The normalized spacial score (nSPS) is 14.2. The van der Waals surface area contributed by atoms with E-state index in [2.05, 4.69) is 53.6 Å². The molecule has 0 saturated carbocycles. The molecule has 2 aromatic rings. The summed E-state index contributed by atoms with van der Waals surface area (Å²) in [7, 11) is 0. The van der Waals surface area contributed by atoms with Crippen LogP contribution >= 0.6 is 0 Å². The lowest BCUT2D eigenvalue weighted by Gasteiger charge is -2.29. The lowest BCUT2D eigenvalue weighted by atomic mass is 10.1. The van der Waals surface area contributed by atoms with E-state index in [1.54, 1.807) is 18.4 Å². The van der Waals surface area contributed by atoms with E-state index >= 15 is 0 Å². The molecular weight excluding hydrogens is 340 g/mol. The zero-order chi connectivity index (χ0) is 19.5. The van der Waals surface area contributed by atoms with E-state index in [-0.39, 0.29) is 6.04 Å². The fourth-order valence-electron chi connectivity index (χ4n) is 3.07. The fourth-order valence-corrected chi connectivity index (χ4v) is 3.07. The van der Waals surface area contributed by atoms with Crippen LogP contribution in [-0.4, -0.2) is 48.7 Å². The van der Waals surface area contributed by atoms with E-state index in [0.717, 1.165) is 19.6 Å². The number of likely N-dealkylation sites (N-methyl/N-ethyl adjacent to an activating group) is 1. The number of aliphatic hydroxyl groups is 1. The average molecular weight is 373 g/mol. The maximum Gasteiger partial charge on any atom is 0.191 e. The Morgan fingerprint density at radius 2 is 1.81 bits per heavy atom. The molecule has 27 heavy (non-hydrogen) atoms. The Balaban J connectivity index is 2.06. The molecule has 3 N–H and O–H groups in total. The molecule has 0 spiro atoms. The summed E-state index contributed by atoms with van der Waals surface area (Å²) < 4.78 is 5.25. The predicted octanol–water partition coefficient (Wildman–Crippen LogP) is 2.95. The van der Waals surface area contributed by atoms with Crippen LogP contribution in [0.1, 0.15) is 44.2 Å². The summed E-state index contributed by atoms with van der Waals surface area (Å²) in [6.07, 6.45) is 0.850. The van der Waals surface area contributed by atoms with Crippen LogP contribution in [0, 0.1) is 0 Å².